The minimum atomic E-state index is -0.473. The van der Waals surface area contributed by atoms with E-state index >= 15 is 0 Å². The van der Waals surface area contributed by atoms with Crippen LogP contribution < -0.4 is 16.0 Å². The molecule has 0 spiro atoms. The number of nitrogens with one attached hydrogen (secondary N) is 3. The number of hydrogen-bond acceptors (Lipinski definition) is 4. The van der Waals surface area contributed by atoms with Gasteiger partial charge in [-0.25, -0.2) is 4.79 Å². The number of aliphatic imine (C=N–C) groups is 1. The molecular formula is C16H36IN5O2. The molecule has 7 nitrogen and oxygen atoms in total. The van der Waals surface area contributed by atoms with Crippen LogP contribution in [0, 0.1) is 0 Å². The molecule has 0 bridgehead atoms. The quantitative estimate of drug-likeness (QED) is 0.214. The fourth-order valence-corrected chi connectivity index (χ4v) is 1.79. The maximum atomic E-state index is 11.5. The Morgan fingerprint density at radius 3 is 2.21 bits per heavy atom. The summed E-state index contributed by atoms with van der Waals surface area (Å²) in [5.74, 6) is 0.736. The molecule has 0 radical (unpaired) electrons. The van der Waals surface area contributed by atoms with Gasteiger partial charge in [-0.15, -0.1) is 24.0 Å². The second kappa shape index (κ2) is 14.6. The first-order chi connectivity index (χ1) is 10.8. The Labute approximate surface area is 164 Å². The van der Waals surface area contributed by atoms with E-state index in [2.05, 4.69) is 39.8 Å². The van der Waals surface area contributed by atoms with Crippen LogP contribution in [0.3, 0.4) is 0 Å². The molecule has 0 saturated carbocycles. The van der Waals surface area contributed by atoms with E-state index in [4.69, 9.17) is 4.74 Å². The Bertz CT molecular complexity index is 359. The summed E-state index contributed by atoms with van der Waals surface area (Å²) < 4.78 is 5.17. The Balaban J connectivity index is 0. The van der Waals surface area contributed by atoms with Crippen LogP contribution in [0.15, 0.2) is 4.99 Å². The zero-order chi connectivity index (χ0) is 17.7. The molecule has 0 unspecified atom stereocenters. The number of carbonyl (C=O) groups excluding carboxylic acids is 1. The number of amides is 1. The number of rotatable bonds is 9. The predicted molar refractivity (Wildman–Crippen MR) is 111 cm³/mol. The molecule has 1 amide bonds. The van der Waals surface area contributed by atoms with Gasteiger partial charge in [0.1, 0.15) is 5.60 Å². The molecule has 0 atom stereocenters. The molecule has 3 N–H and O–H groups in total. The summed E-state index contributed by atoms with van der Waals surface area (Å²) in [5.41, 5.74) is -0.473. The topological polar surface area (TPSA) is 78.0 Å². The molecule has 0 saturated heterocycles. The molecule has 144 valence electrons. The molecule has 0 aromatic rings. The zero-order valence-corrected chi connectivity index (χ0v) is 18.4. The van der Waals surface area contributed by atoms with Gasteiger partial charge in [0, 0.05) is 33.2 Å². The van der Waals surface area contributed by atoms with Crippen LogP contribution in [0.4, 0.5) is 4.79 Å². The normalized spacial score (nSPS) is 11.7. The molecule has 0 fully saturated rings. The third-order valence-corrected chi connectivity index (χ3v) is 2.99. The van der Waals surface area contributed by atoms with Crippen molar-refractivity contribution < 1.29 is 9.53 Å². The molecule has 24 heavy (non-hydrogen) atoms. The maximum Gasteiger partial charge on any atom is 0.407 e. The number of alkyl carbamates (subject to hydrolysis) is 1. The van der Waals surface area contributed by atoms with Gasteiger partial charge in [-0.1, -0.05) is 13.3 Å². The first-order valence-corrected chi connectivity index (χ1v) is 8.38. The van der Waals surface area contributed by atoms with Crippen LogP contribution in [-0.2, 0) is 4.74 Å². The van der Waals surface area contributed by atoms with Crippen molar-refractivity contribution in [1.82, 2.24) is 20.9 Å². The number of hydrogen-bond donors (Lipinski definition) is 3. The van der Waals surface area contributed by atoms with Crippen molar-refractivity contribution in [3.05, 3.63) is 0 Å². The average molecular weight is 457 g/mol. The molecular weight excluding hydrogens is 421 g/mol. The number of ether oxygens (including phenoxy) is 1. The highest BCUT2D eigenvalue weighted by Crippen LogP contribution is 2.05. The number of unbranched alkanes of at least 4 members (excludes halogenated alkanes) is 1. The van der Waals surface area contributed by atoms with Crippen LogP contribution in [0.5, 0.6) is 0 Å². The summed E-state index contributed by atoms with van der Waals surface area (Å²) in [6.07, 6.45) is 2.03. The number of carbonyl (C=O) groups is 1. The van der Waals surface area contributed by atoms with Gasteiger partial charge < -0.3 is 25.6 Å². The number of nitrogens with zero attached hydrogens (tertiary/aromatic N) is 2. The van der Waals surface area contributed by atoms with Gasteiger partial charge in [-0.2, -0.15) is 0 Å². The number of halogens is 1. The Kier molecular flexibility index (Phi) is 15.5. The van der Waals surface area contributed by atoms with E-state index < -0.39 is 11.7 Å². The van der Waals surface area contributed by atoms with Crippen molar-refractivity contribution in [1.29, 1.82) is 0 Å². The van der Waals surface area contributed by atoms with Gasteiger partial charge in [-0.3, -0.25) is 4.99 Å². The second-order valence-corrected chi connectivity index (χ2v) is 6.51. The summed E-state index contributed by atoms with van der Waals surface area (Å²) in [6.45, 7) is 11.7. The lowest BCUT2D eigenvalue weighted by Gasteiger charge is -2.20. The van der Waals surface area contributed by atoms with Gasteiger partial charge in [0.15, 0.2) is 5.96 Å². The van der Waals surface area contributed by atoms with Gasteiger partial charge in [0.25, 0.3) is 0 Å². The highest BCUT2D eigenvalue weighted by Gasteiger charge is 2.15. The lowest BCUT2D eigenvalue weighted by molar-refractivity contribution is 0.0529. The zero-order valence-electron chi connectivity index (χ0n) is 16.1. The molecule has 0 rings (SSSR count). The van der Waals surface area contributed by atoms with Crippen molar-refractivity contribution in [2.24, 2.45) is 4.99 Å². The van der Waals surface area contributed by atoms with Crippen LogP contribution in [-0.4, -0.2) is 69.4 Å². The highest BCUT2D eigenvalue weighted by molar-refractivity contribution is 14.0. The molecule has 0 aliphatic heterocycles. The highest BCUT2D eigenvalue weighted by atomic mass is 127. The van der Waals surface area contributed by atoms with E-state index in [1.165, 1.54) is 12.8 Å². The summed E-state index contributed by atoms with van der Waals surface area (Å²) in [6, 6.07) is 0. The van der Waals surface area contributed by atoms with E-state index in [9.17, 15) is 4.79 Å². The standard InChI is InChI=1S/C16H35N5O2.HI/c1-7-8-12-21(6)13-11-19-14(17-5)18-9-10-20-15(22)23-16(2,3)4;/h7-13H2,1-6H3,(H,20,22)(H2,17,18,19);1H. The minimum absolute atomic E-state index is 0. The predicted octanol–water partition coefficient (Wildman–Crippen LogP) is 2.03. The fourth-order valence-electron chi connectivity index (χ4n) is 1.79. The SMILES string of the molecule is CCCCN(C)CCNC(=NC)NCCNC(=O)OC(C)(C)C.I. The van der Waals surface area contributed by atoms with E-state index in [0.29, 0.717) is 13.1 Å². The molecule has 0 aliphatic carbocycles. The smallest absolute Gasteiger partial charge is 0.407 e. The van der Waals surface area contributed by atoms with E-state index in [1.807, 2.05) is 20.8 Å². The van der Waals surface area contributed by atoms with Crippen molar-refractivity contribution in [2.45, 2.75) is 46.1 Å². The van der Waals surface area contributed by atoms with Gasteiger partial charge >= 0.3 is 6.09 Å². The van der Waals surface area contributed by atoms with Gasteiger partial charge in [-0.05, 0) is 40.8 Å². The van der Waals surface area contributed by atoms with E-state index in [0.717, 1.165) is 25.6 Å². The van der Waals surface area contributed by atoms with Crippen molar-refractivity contribution in [2.75, 3.05) is 46.8 Å². The van der Waals surface area contributed by atoms with E-state index in [-0.39, 0.29) is 24.0 Å². The molecule has 0 aromatic carbocycles. The minimum Gasteiger partial charge on any atom is -0.444 e. The largest absolute Gasteiger partial charge is 0.444 e. The number of guanidine groups is 1. The van der Waals surface area contributed by atoms with Crippen LogP contribution >= 0.6 is 24.0 Å². The Morgan fingerprint density at radius 2 is 1.67 bits per heavy atom. The fraction of sp³-hybridized carbons (Fsp3) is 0.875. The maximum absolute atomic E-state index is 11.5. The monoisotopic (exact) mass is 457 g/mol. The molecule has 8 heteroatoms. The van der Waals surface area contributed by atoms with E-state index in [1.54, 1.807) is 7.05 Å². The van der Waals surface area contributed by atoms with Gasteiger partial charge in [0.05, 0.1) is 0 Å². The first-order valence-electron chi connectivity index (χ1n) is 8.38. The summed E-state index contributed by atoms with van der Waals surface area (Å²) >= 11 is 0. The van der Waals surface area contributed by atoms with Crippen molar-refractivity contribution in [3.8, 4) is 0 Å². The van der Waals surface area contributed by atoms with Crippen molar-refractivity contribution >= 4 is 36.0 Å². The molecule has 0 heterocycles. The third kappa shape index (κ3) is 16.1. The van der Waals surface area contributed by atoms with Crippen LogP contribution in [0.25, 0.3) is 0 Å². The number of likely N-dealkylation sites (N-methyl/N-ethyl adjacent to an activating group) is 1. The Morgan fingerprint density at radius 1 is 1.08 bits per heavy atom. The summed E-state index contributed by atoms with van der Waals surface area (Å²) in [7, 11) is 3.86. The van der Waals surface area contributed by atoms with Crippen molar-refractivity contribution in [3.63, 3.8) is 0 Å². The Hall–Kier alpha value is -0.770. The average Bonchev–Trinajstić information content (AvgIpc) is 2.45. The third-order valence-electron chi connectivity index (χ3n) is 2.99. The summed E-state index contributed by atoms with van der Waals surface area (Å²) in [4.78, 5) is 17.9. The molecule has 0 aliphatic rings. The van der Waals surface area contributed by atoms with Crippen LogP contribution in [0.2, 0.25) is 0 Å². The lowest BCUT2D eigenvalue weighted by atomic mass is 10.2. The van der Waals surface area contributed by atoms with Gasteiger partial charge in [0.2, 0.25) is 0 Å². The summed E-state index contributed by atoms with van der Waals surface area (Å²) in [5, 5.41) is 9.11. The van der Waals surface area contributed by atoms with Crippen LogP contribution in [0.1, 0.15) is 40.5 Å². The second-order valence-electron chi connectivity index (χ2n) is 6.51. The molecule has 0 aromatic heterocycles. The lowest BCUT2D eigenvalue weighted by Crippen LogP contribution is -2.44. The first kappa shape index (κ1) is 25.5.